The molecule has 1 saturated heterocycles. The standard InChI is InChI=1S/C25H21F4N5O3/c1-2-36-17-11-32(12-17)24-22(29)23(21(28)10-30-24)37-16-8-6-15(7-9-16)34-25(35)33(14-31-34)13-18-19(26)4-3-5-20(18)27/h3-10,14,17H,2,11-13H2,1H3. The SMILES string of the molecule is CCOC1CN(c2ncc(F)c(Oc3ccc(-n4ncn(Cc5c(F)cccc5F)c4=O)cc3)c2F)C1. The van der Waals surface area contributed by atoms with Crippen molar-refractivity contribution in [2.45, 2.75) is 19.6 Å². The van der Waals surface area contributed by atoms with Crippen LogP contribution in [0.4, 0.5) is 23.4 Å². The van der Waals surface area contributed by atoms with Gasteiger partial charge >= 0.3 is 5.69 Å². The zero-order valence-corrected chi connectivity index (χ0v) is 19.6. The lowest BCUT2D eigenvalue weighted by Crippen LogP contribution is -2.53. The number of hydrogen-bond donors (Lipinski definition) is 0. The van der Waals surface area contributed by atoms with Gasteiger partial charge in [0.05, 0.1) is 24.5 Å². The summed E-state index contributed by atoms with van der Waals surface area (Å²) < 4.78 is 70.3. The van der Waals surface area contributed by atoms with Crippen molar-refractivity contribution in [2.24, 2.45) is 0 Å². The molecule has 0 radical (unpaired) electrons. The lowest BCUT2D eigenvalue weighted by Gasteiger charge is -2.39. The lowest BCUT2D eigenvalue weighted by molar-refractivity contribution is 0.0423. The van der Waals surface area contributed by atoms with Crippen molar-refractivity contribution < 1.29 is 27.0 Å². The minimum Gasteiger partial charge on any atom is -0.451 e. The fourth-order valence-corrected chi connectivity index (χ4v) is 3.95. The molecule has 1 aliphatic rings. The van der Waals surface area contributed by atoms with Crippen LogP contribution in [-0.4, -0.2) is 45.1 Å². The van der Waals surface area contributed by atoms with Crippen LogP contribution in [0.3, 0.4) is 0 Å². The molecule has 0 bridgehead atoms. The van der Waals surface area contributed by atoms with E-state index in [9.17, 15) is 18.0 Å². The van der Waals surface area contributed by atoms with E-state index in [1.54, 1.807) is 4.90 Å². The first kappa shape index (κ1) is 24.5. The van der Waals surface area contributed by atoms with E-state index in [2.05, 4.69) is 10.1 Å². The molecule has 2 aromatic heterocycles. The molecule has 5 rings (SSSR count). The predicted molar refractivity (Wildman–Crippen MR) is 125 cm³/mol. The molecule has 0 saturated carbocycles. The second-order valence-electron chi connectivity index (χ2n) is 8.30. The molecule has 3 heterocycles. The van der Waals surface area contributed by atoms with Crippen molar-refractivity contribution in [3.05, 3.63) is 94.3 Å². The molecule has 1 aliphatic heterocycles. The second kappa shape index (κ2) is 10.1. The molecule has 0 amide bonds. The minimum absolute atomic E-state index is 0.0349. The number of halogens is 4. The lowest BCUT2D eigenvalue weighted by atomic mass is 10.1. The number of aromatic nitrogens is 4. The molecule has 2 aromatic carbocycles. The van der Waals surface area contributed by atoms with Crippen LogP contribution in [0.1, 0.15) is 12.5 Å². The summed E-state index contributed by atoms with van der Waals surface area (Å²) in [5.74, 6) is -3.99. The van der Waals surface area contributed by atoms with Crippen molar-refractivity contribution in [2.75, 3.05) is 24.6 Å². The number of nitrogens with zero attached hydrogens (tertiary/aromatic N) is 5. The predicted octanol–water partition coefficient (Wildman–Crippen LogP) is 4.05. The van der Waals surface area contributed by atoms with Crippen LogP contribution in [0.5, 0.6) is 11.5 Å². The summed E-state index contributed by atoms with van der Waals surface area (Å²) in [6, 6.07) is 9.17. The summed E-state index contributed by atoms with van der Waals surface area (Å²) in [7, 11) is 0. The molecule has 1 fully saturated rings. The molecular formula is C25H21F4N5O3. The van der Waals surface area contributed by atoms with Crippen molar-refractivity contribution >= 4 is 5.82 Å². The smallest absolute Gasteiger partial charge is 0.350 e. The number of benzene rings is 2. The Balaban J connectivity index is 1.33. The van der Waals surface area contributed by atoms with E-state index < -0.39 is 34.7 Å². The van der Waals surface area contributed by atoms with Gasteiger partial charge in [-0.05, 0) is 43.3 Å². The molecule has 0 N–H and O–H groups in total. The Morgan fingerprint density at radius 3 is 2.38 bits per heavy atom. The normalized spacial score (nSPS) is 13.6. The number of rotatable bonds is 8. The topological polar surface area (TPSA) is 74.4 Å². The van der Waals surface area contributed by atoms with Gasteiger partial charge in [0, 0.05) is 25.3 Å². The number of ether oxygens (including phenoxy) is 2. The fourth-order valence-electron chi connectivity index (χ4n) is 3.95. The summed E-state index contributed by atoms with van der Waals surface area (Å²) in [5.41, 5.74) is -0.587. The van der Waals surface area contributed by atoms with Crippen LogP contribution in [0.2, 0.25) is 0 Å². The minimum atomic E-state index is -0.970. The first-order valence-corrected chi connectivity index (χ1v) is 11.4. The van der Waals surface area contributed by atoms with Crippen LogP contribution in [-0.2, 0) is 11.3 Å². The van der Waals surface area contributed by atoms with Crippen LogP contribution < -0.4 is 15.3 Å². The Bertz CT molecular complexity index is 1460. The van der Waals surface area contributed by atoms with Crippen molar-refractivity contribution in [1.82, 2.24) is 19.3 Å². The average Bonchev–Trinajstić information content (AvgIpc) is 3.22. The molecule has 0 unspecified atom stereocenters. The zero-order valence-electron chi connectivity index (χ0n) is 19.6. The summed E-state index contributed by atoms with van der Waals surface area (Å²) in [6.45, 7) is 2.93. The van der Waals surface area contributed by atoms with Crippen molar-refractivity contribution in [3.63, 3.8) is 0 Å². The van der Waals surface area contributed by atoms with Gasteiger partial charge in [0.1, 0.15) is 23.7 Å². The molecule has 0 atom stereocenters. The Morgan fingerprint density at radius 2 is 1.70 bits per heavy atom. The van der Waals surface area contributed by atoms with Crippen molar-refractivity contribution in [3.8, 4) is 17.2 Å². The summed E-state index contributed by atoms with van der Waals surface area (Å²) >= 11 is 0. The maximum absolute atomic E-state index is 15.0. The Morgan fingerprint density at radius 1 is 1.00 bits per heavy atom. The highest BCUT2D eigenvalue weighted by molar-refractivity contribution is 5.50. The van der Waals surface area contributed by atoms with Crippen molar-refractivity contribution in [1.29, 1.82) is 0 Å². The highest BCUT2D eigenvalue weighted by Crippen LogP contribution is 2.34. The number of hydrogen-bond acceptors (Lipinski definition) is 6. The van der Waals surface area contributed by atoms with Crippen LogP contribution in [0.15, 0.2) is 59.8 Å². The van der Waals surface area contributed by atoms with Gasteiger partial charge in [0.15, 0.2) is 11.6 Å². The van der Waals surface area contributed by atoms with E-state index in [-0.39, 0.29) is 29.8 Å². The molecule has 4 aromatic rings. The van der Waals surface area contributed by atoms with Gasteiger partial charge in [0.25, 0.3) is 0 Å². The van der Waals surface area contributed by atoms with Gasteiger partial charge in [-0.2, -0.15) is 14.2 Å². The highest BCUT2D eigenvalue weighted by atomic mass is 19.1. The van der Waals surface area contributed by atoms with Crippen LogP contribution in [0, 0.1) is 23.3 Å². The molecule has 192 valence electrons. The Kier molecular flexibility index (Phi) is 6.66. The third kappa shape index (κ3) is 4.79. The Hall–Kier alpha value is -4.19. The monoisotopic (exact) mass is 515 g/mol. The van der Waals surface area contributed by atoms with E-state index in [0.717, 1.165) is 33.9 Å². The third-order valence-corrected chi connectivity index (χ3v) is 5.89. The Labute approximate surface area is 208 Å². The second-order valence-corrected chi connectivity index (χ2v) is 8.30. The van der Waals surface area contributed by atoms with Gasteiger partial charge in [-0.1, -0.05) is 6.07 Å². The maximum atomic E-state index is 15.0. The van der Waals surface area contributed by atoms with Gasteiger partial charge in [-0.3, -0.25) is 4.57 Å². The quantitative estimate of drug-likeness (QED) is 0.330. The third-order valence-electron chi connectivity index (χ3n) is 5.89. The van der Waals surface area contributed by atoms with Gasteiger partial charge in [-0.15, -0.1) is 0 Å². The number of pyridine rings is 1. The summed E-state index contributed by atoms with van der Waals surface area (Å²) in [4.78, 5) is 18.2. The number of anilines is 1. The van der Waals surface area contributed by atoms with Gasteiger partial charge in [0.2, 0.25) is 11.6 Å². The molecule has 8 nitrogen and oxygen atoms in total. The molecule has 12 heteroatoms. The largest absolute Gasteiger partial charge is 0.451 e. The van der Waals surface area contributed by atoms with E-state index in [1.807, 2.05) is 6.92 Å². The van der Waals surface area contributed by atoms with Gasteiger partial charge < -0.3 is 14.4 Å². The van der Waals surface area contributed by atoms with Gasteiger partial charge in [-0.25, -0.2) is 22.9 Å². The van der Waals surface area contributed by atoms with E-state index in [0.29, 0.717) is 25.4 Å². The first-order valence-electron chi connectivity index (χ1n) is 11.4. The molecule has 0 spiro atoms. The van der Waals surface area contributed by atoms with Crippen LogP contribution >= 0.6 is 0 Å². The first-order chi connectivity index (χ1) is 17.9. The summed E-state index contributed by atoms with van der Waals surface area (Å²) in [5, 5.41) is 3.99. The molecule has 0 aliphatic carbocycles. The maximum Gasteiger partial charge on any atom is 0.350 e. The van der Waals surface area contributed by atoms with Crippen LogP contribution in [0.25, 0.3) is 5.69 Å². The molecular weight excluding hydrogens is 494 g/mol. The highest BCUT2D eigenvalue weighted by Gasteiger charge is 2.32. The van der Waals surface area contributed by atoms with E-state index >= 15 is 4.39 Å². The van der Waals surface area contributed by atoms with E-state index in [1.165, 1.54) is 30.3 Å². The summed E-state index contributed by atoms with van der Waals surface area (Å²) in [6.07, 6.45) is 2.01. The molecule has 37 heavy (non-hydrogen) atoms. The average molecular weight is 515 g/mol. The van der Waals surface area contributed by atoms with E-state index in [4.69, 9.17) is 9.47 Å². The zero-order chi connectivity index (χ0) is 26.1. The fraction of sp³-hybridized carbons (Fsp3) is 0.240.